The summed E-state index contributed by atoms with van der Waals surface area (Å²) >= 11 is 0. The van der Waals surface area contributed by atoms with Gasteiger partial charge in [0.1, 0.15) is 24.0 Å². The summed E-state index contributed by atoms with van der Waals surface area (Å²) < 4.78 is 79.8. The average molecular weight is 658 g/mol. The molecule has 47 heavy (non-hydrogen) atoms. The predicted octanol–water partition coefficient (Wildman–Crippen LogP) is 7.21. The van der Waals surface area contributed by atoms with Gasteiger partial charge in [-0.3, -0.25) is 14.6 Å². The summed E-state index contributed by atoms with van der Waals surface area (Å²) in [6.07, 6.45) is -0.940. The van der Waals surface area contributed by atoms with Crippen LogP contribution >= 0.6 is 0 Å². The van der Waals surface area contributed by atoms with Crippen LogP contribution in [0.3, 0.4) is 0 Å². The lowest BCUT2D eigenvalue weighted by Gasteiger charge is -2.51. The van der Waals surface area contributed by atoms with E-state index in [0.717, 1.165) is 49.2 Å². The smallest absolute Gasteiger partial charge is 0.401 e. The number of carbonyl (C=O) groups is 1. The Morgan fingerprint density at radius 2 is 1.64 bits per heavy atom. The fraction of sp³-hybridized carbons (Fsp3) is 0.472. The van der Waals surface area contributed by atoms with E-state index >= 15 is 8.78 Å². The highest BCUT2D eigenvalue weighted by Crippen LogP contribution is 2.44. The molecule has 2 saturated heterocycles. The molecule has 0 radical (unpaired) electrons. The van der Waals surface area contributed by atoms with Crippen LogP contribution in [0.4, 0.5) is 27.6 Å². The van der Waals surface area contributed by atoms with Crippen LogP contribution < -0.4 is 9.64 Å². The molecule has 6 rings (SSSR count). The fourth-order valence-corrected chi connectivity index (χ4v) is 7.82. The molecule has 1 spiro atoms. The molecule has 0 amide bonds. The van der Waals surface area contributed by atoms with Crippen molar-refractivity contribution in [1.82, 2.24) is 9.80 Å². The Bertz CT molecular complexity index is 1540. The predicted molar refractivity (Wildman–Crippen MR) is 169 cm³/mol. The van der Waals surface area contributed by atoms with Crippen molar-refractivity contribution in [1.29, 1.82) is 0 Å². The zero-order chi connectivity index (χ0) is 33.3. The molecule has 252 valence electrons. The molecular weight excluding hydrogens is 617 g/mol. The summed E-state index contributed by atoms with van der Waals surface area (Å²) in [6.45, 7) is 3.34. The highest BCUT2D eigenvalue weighted by molar-refractivity contribution is 5.69. The van der Waals surface area contributed by atoms with Gasteiger partial charge in [-0.05, 0) is 85.4 Å². The summed E-state index contributed by atoms with van der Waals surface area (Å²) in [6, 6.07) is 15.2. The van der Waals surface area contributed by atoms with E-state index in [1.54, 1.807) is 25.1 Å². The zero-order valence-electron chi connectivity index (χ0n) is 26.4. The van der Waals surface area contributed by atoms with Gasteiger partial charge in [0.25, 0.3) is 0 Å². The molecule has 11 heteroatoms. The lowest BCUT2D eigenvalue weighted by Crippen LogP contribution is -2.58. The standard InChI is InChI=1S/C36H40F5N3O3/c1-24-15-26-16-28(47-20-25-7-3-2-4-8-25)9-10-29(26)34(44(24)23-36(39,40)41)33-30(37)17-27(18-31(33)38)43-13-5-11-35(12-6-14-43)21-42(22-35)19-32(45)46/h2-4,7-10,16-18,24,34H,5-6,11-15,19-23H2,1H3,(H,45,46)/t24-,34?/m1/s1. The van der Waals surface area contributed by atoms with Crippen LogP contribution in [0.1, 0.15) is 60.9 Å². The first-order chi connectivity index (χ1) is 22.4. The first-order valence-electron chi connectivity index (χ1n) is 16.2. The number of benzene rings is 3. The maximum Gasteiger partial charge on any atom is 0.401 e. The number of alkyl halides is 3. The van der Waals surface area contributed by atoms with Crippen LogP contribution in [-0.2, 0) is 17.8 Å². The maximum atomic E-state index is 16.1. The van der Waals surface area contributed by atoms with Crippen LogP contribution in [0.2, 0.25) is 0 Å². The van der Waals surface area contributed by atoms with Gasteiger partial charge in [-0.15, -0.1) is 0 Å². The fourth-order valence-electron chi connectivity index (χ4n) is 7.82. The molecule has 2 atom stereocenters. The minimum absolute atomic E-state index is 0.0343. The zero-order valence-corrected chi connectivity index (χ0v) is 26.4. The van der Waals surface area contributed by atoms with E-state index in [2.05, 4.69) is 0 Å². The number of carboxylic acids is 1. The van der Waals surface area contributed by atoms with Gasteiger partial charge in [0.05, 0.1) is 19.1 Å². The van der Waals surface area contributed by atoms with E-state index in [1.807, 2.05) is 40.1 Å². The third-order valence-electron chi connectivity index (χ3n) is 9.88. The number of anilines is 1. The van der Waals surface area contributed by atoms with Gasteiger partial charge in [-0.25, -0.2) is 8.78 Å². The Morgan fingerprint density at radius 3 is 2.26 bits per heavy atom. The first-order valence-corrected chi connectivity index (χ1v) is 16.2. The molecule has 0 saturated carbocycles. The Hall–Kier alpha value is -3.70. The van der Waals surface area contributed by atoms with E-state index in [4.69, 9.17) is 9.84 Å². The molecule has 0 aromatic heterocycles. The van der Waals surface area contributed by atoms with Crippen molar-refractivity contribution in [2.75, 3.05) is 44.2 Å². The van der Waals surface area contributed by atoms with E-state index in [-0.39, 0.29) is 23.9 Å². The number of halogens is 5. The summed E-state index contributed by atoms with van der Waals surface area (Å²) in [7, 11) is 0. The molecular formula is C36H40F5N3O3. The molecule has 3 aromatic carbocycles. The van der Waals surface area contributed by atoms with Gasteiger partial charge in [-0.2, -0.15) is 13.2 Å². The van der Waals surface area contributed by atoms with Crippen LogP contribution in [-0.4, -0.2) is 72.4 Å². The van der Waals surface area contributed by atoms with E-state index in [1.165, 1.54) is 12.1 Å². The average Bonchev–Trinajstić information content (AvgIpc) is 2.97. The van der Waals surface area contributed by atoms with Crippen LogP contribution in [0.25, 0.3) is 0 Å². The van der Waals surface area contributed by atoms with Gasteiger partial charge < -0.3 is 14.7 Å². The highest BCUT2D eigenvalue weighted by atomic mass is 19.4. The molecule has 1 N–H and O–H groups in total. The summed E-state index contributed by atoms with van der Waals surface area (Å²) in [5.74, 6) is -2.05. The number of carboxylic acid groups (broad SMARTS) is 1. The van der Waals surface area contributed by atoms with Crippen LogP contribution in [0, 0.1) is 17.0 Å². The minimum atomic E-state index is -4.57. The normalized spacial score (nSPS) is 21.9. The van der Waals surface area contributed by atoms with E-state index in [9.17, 15) is 18.0 Å². The second-order valence-electron chi connectivity index (χ2n) is 13.4. The second kappa shape index (κ2) is 13.4. The van der Waals surface area contributed by atoms with Crippen molar-refractivity contribution in [2.24, 2.45) is 5.41 Å². The van der Waals surface area contributed by atoms with E-state index < -0.39 is 42.4 Å². The molecule has 0 aliphatic carbocycles. The second-order valence-corrected chi connectivity index (χ2v) is 13.4. The highest BCUT2D eigenvalue weighted by Gasteiger charge is 2.44. The van der Waals surface area contributed by atoms with Gasteiger partial charge in [0.15, 0.2) is 0 Å². The molecule has 3 aliphatic heterocycles. The van der Waals surface area contributed by atoms with Gasteiger partial charge in [0, 0.05) is 43.5 Å². The number of fused-ring (bicyclic) bond motifs is 1. The molecule has 3 heterocycles. The van der Waals surface area contributed by atoms with Crippen molar-refractivity contribution < 1.29 is 36.6 Å². The number of aliphatic carboxylic acids is 1. The third kappa shape index (κ3) is 7.56. The third-order valence-corrected chi connectivity index (χ3v) is 9.88. The van der Waals surface area contributed by atoms with Crippen LogP contribution in [0.15, 0.2) is 60.7 Å². The molecule has 3 aromatic rings. The summed E-state index contributed by atoms with van der Waals surface area (Å²) in [4.78, 5) is 16.1. The lowest BCUT2D eigenvalue weighted by atomic mass is 9.71. The van der Waals surface area contributed by atoms with Crippen molar-refractivity contribution >= 4 is 11.7 Å². The van der Waals surface area contributed by atoms with Crippen molar-refractivity contribution in [3.8, 4) is 5.75 Å². The van der Waals surface area contributed by atoms with Gasteiger partial charge >= 0.3 is 12.1 Å². The lowest BCUT2D eigenvalue weighted by molar-refractivity contribution is -0.155. The minimum Gasteiger partial charge on any atom is -0.489 e. The van der Waals surface area contributed by atoms with Crippen molar-refractivity contribution in [2.45, 2.75) is 63.9 Å². The molecule has 1 unspecified atom stereocenters. The number of likely N-dealkylation sites (tertiary alicyclic amines) is 1. The van der Waals surface area contributed by atoms with Crippen molar-refractivity contribution in [3.05, 3.63) is 94.6 Å². The number of ether oxygens (including phenoxy) is 1. The quantitative estimate of drug-likeness (QED) is 0.259. The number of hydrogen-bond donors (Lipinski definition) is 1. The topological polar surface area (TPSA) is 56.3 Å². The van der Waals surface area contributed by atoms with Crippen molar-refractivity contribution in [3.63, 3.8) is 0 Å². The largest absolute Gasteiger partial charge is 0.489 e. The Balaban J connectivity index is 1.24. The summed E-state index contributed by atoms with van der Waals surface area (Å²) in [5, 5.41) is 9.07. The van der Waals surface area contributed by atoms with Gasteiger partial charge in [0.2, 0.25) is 0 Å². The maximum absolute atomic E-state index is 16.1. The first kappa shape index (κ1) is 33.2. The molecule has 6 nitrogen and oxygen atoms in total. The number of nitrogens with zero attached hydrogens (tertiary/aromatic N) is 3. The molecule has 0 bridgehead atoms. The van der Waals surface area contributed by atoms with E-state index in [0.29, 0.717) is 42.3 Å². The van der Waals surface area contributed by atoms with Crippen LogP contribution in [0.5, 0.6) is 5.75 Å². The van der Waals surface area contributed by atoms with Gasteiger partial charge in [-0.1, -0.05) is 36.4 Å². The Labute approximate surface area is 271 Å². The Morgan fingerprint density at radius 1 is 0.979 bits per heavy atom. The number of hydrogen-bond acceptors (Lipinski definition) is 5. The SMILES string of the molecule is C[C@@H]1Cc2cc(OCc3ccccc3)ccc2C(c2c(F)cc(N3CCCC4(CCC3)CN(CC(=O)O)C4)cc2F)N1CC(F)(F)F. The number of rotatable bonds is 8. The Kier molecular flexibility index (Phi) is 9.49. The summed E-state index contributed by atoms with van der Waals surface area (Å²) in [5.41, 5.74) is 2.16. The monoisotopic (exact) mass is 657 g/mol. The molecule has 3 aliphatic rings. The molecule has 2 fully saturated rings.